The molecule has 0 saturated carbocycles. The van der Waals surface area contributed by atoms with Crippen molar-refractivity contribution in [2.75, 3.05) is 33.4 Å². The van der Waals surface area contributed by atoms with Crippen molar-refractivity contribution in [1.82, 2.24) is 9.80 Å². The van der Waals surface area contributed by atoms with Crippen molar-refractivity contribution in [3.8, 4) is 0 Å². The van der Waals surface area contributed by atoms with Gasteiger partial charge in [0.05, 0.1) is 18.7 Å². The second-order valence-electron chi connectivity index (χ2n) is 8.13. The van der Waals surface area contributed by atoms with Crippen molar-refractivity contribution in [3.05, 3.63) is 40.6 Å². The normalized spacial score (nSPS) is 23.6. The third-order valence-electron chi connectivity index (χ3n) is 5.64. The smallest absolute Gasteiger partial charge is 0.277 e. The number of aryl methyl sites for hydroxylation is 2. The van der Waals surface area contributed by atoms with Crippen LogP contribution in [0.2, 0.25) is 0 Å². The van der Waals surface area contributed by atoms with E-state index in [9.17, 15) is 9.59 Å². The molecule has 0 aliphatic carbocycles. The molecule has 2 aliphatic heterocycles. The lowest BCUT2D eigenvalue weighted by molar-refractivity contribution is -0.138. The maximum absolute atomic E-state index is 13.2. The number of hydrogen-bond acceptors (Lipinski definition) is 4. The molecule has 0 spiro atoms. The quantitative estimate of drug-likeness (QED) is 0.748. The molecule has 1 aromatic carbocycles. The minimum Gasteiger partial charge on any atom is -0.383 e. The van der Waals surface area contributed by atoms with Gasteiger partial charge in [-0.25, -0.2) is 0 Å². The number of hydrogen-bond donors (Lipinski definition) is 0. The van der Waals surface area contributed by atoms with Gasteiger partial charge >= 0.3 is 0 Å². The van der Waals surface area contributed by atoms with Crippen LogP contribution in [0.15, 0.2) is 23.9 Å². The molecule has 5 heteroatoms. The van der Waals surface area contributed by atoms with Gasteiger partial charge in [-0.2, -0.15) is 0 Å². The number of benzene rings is 1. The Bertz CT molecular complexity index is 774. The second-order valence-corrected chi connectivity index (χ2v) is 8.13. The SMILES string of the molecule is COCCN1C(=O)C(c2ccc(C)c(C)c2)=C(N2CC(C)CC(C)C2)C1=O. The summed E-state index contributed by atoms with van der Waals surface area (Å²) in [5, 5.41) is 0. The van der Waals surface area contributed by atoms with Crippen molar-refractivity contribution in [3.63, 3.8) is 0 Å². The molecule has 0 radical (unpaired) electrons. The van der Waals surface area contributed by atoms with Crippen LogP contribution in [-0.2, 0) is 14.3 Å². The Morgan fingerprint density at radius 1 is 1.04 bits per heavy atom. The maximum atomic E-state index is 13.2. The van der Waals surface area contributed by atoms with Crippen molar-refractivity contribution >= 4 is 17.4 Å². The van der Waals surface area contributed by atoms with E-state index < -0.39 is 0 Å². The lowest BCUT2D eigenvalue weighted by atomic mass is 9.90. The number of piperidine rings is 1. The lowest BCUT2D eigenvalue weighted by Gasteiger charge is -2.37. The van der Waals surface area contributed by atoms with E-state index in [4.69, 9.17) is 4.74 Å². The molecule has 27 heavy (non-hydrogen) atoms. The van der Waals surface area contributed by atoms with Crippen LogP contribution < -0.4 is 0 Å². The van der Waals surface area contributed by atoms with E-state index in [-0.39, 0.29) is 18.4 Å². The van der Waals surface area contributed by atoms with Gasteiger partial charge in [0.1, 0.15) is 5.70 Å². The monoisotopic (exact) mass is 370 g/mol. The second kappa shape index (κ2) is 7.85. The lowest BCUT2D eigenvalue weighted by Crippen LogP contribution is -2.42. The minimum absolute atomic E-state index is 0.188. The van der Waals surface area contributed by atoms with E-state index >= 15 is 0 Å². The van der Waals surface area contributed by atoms with Gasteiger partial charge in [0.25, 0.3) is 11.8 Å². The molecule has 2 aliphatic rings. The number of amides is 2. The van der Waals surface area contributed by atoms with Crippen LogP contribution >= 0.6 is 0 Å². The number of methoxy groups -OCH3 is 1. The fraction of sp³-hybridized carbons (Fsp3) is 0.545. The molecule has 2 atom stereocenters. The molecule has 1 aromatic rings. The van der Waals surface area contributed by atoms with Gasteiger partial charge in [-0.1, -0.05) is 32.0 Å². The Balaban J connectivity index is 2.07. The zero-order valence-corrected chi connectivity index (χ0v) is 17.0. The molecule has 2 amide bonds. The minimum atomic E-state index is -0.207. The average Bonchev–Trinajstić information content (AvgIpc) is 2.85. The number of nitrogens with zero attached hydrogens (tertiary/aromatic N) is 2. The summed E-state index contributed by atoms with van der Waals surface area (Å²) < 4.78 is 5.11. The summed E-state index contributed by atoms with van der Waals surface area (Å²) in [6.07, 6.45) is 1.15. The van der Waals surface area contributed by atoms with E-state index in [0.717, 1.165) is 30.6 Å². The number of rotatable bonds is 5. The molecule has 0 bridgehead atoms. The number of likely N-dealkylation sites (tertiary alicyclic amines) is 1. The highest BCUT2D eigenvalue weighted by atomic mass is 16.5. The largest absolute Gasteiger partial charge is 0.383 e. The number of carbonyl (C=O) groups is 2. The van der Waals surface area contributed by atoms with E-state index in [0.29, 0.717) is 29.7 Å². The molecule has 5 nitrogen and oxygen atoms in total. The van der Waals surface area contributed by atoms with Crippen LogP contribution in [0.25, 0.3) is 5.57 Å². The highest BCUT2D eigenvalue weighted by molar-refractivity contribution is 6.35. The first kappa shape index (κ1) is 19.6. The third kappa shape index (κ3) is 3.79. The van der Waals surface area contributed by atoms with Gasteiger partial charge < -0.3 is 9.64 Å². The Morgan fingerprint density at radius 3 is 2.30 bits per heavy atom. The highest BCUT2D eigenvalue weighted by Crippen LogP contribution is 2.35. The molecule has 0 N–H and O–H groups in total. The summed E-state index contributed by atoms with van der Waals surface area (Å²) in [4.78, 5) is 29.9. The predicted octanol–water partition coefficient (Wildman–Crippen LogP) is 3.01. The fourth-order valence-electron chi connectivity index (χ4n) is 4.24. The van der Waals surface area contributed by atoms with Gasteiger partial charge in [-0.15, -0.1) is 0 Å². The zero-order chi connectivity index (χ0) is 19.7. The summed E-state index contributed by atoms with van der Waals surface area (Å²) in [6, 6.07) is 6.00. The molecule has 146 valence electrons. The molecule has 1 saturated heterocycles. The summed E-state index contributed by atoms with van der Waals surface area (Å²) >= 11 is 0. The van der Waals surface area contributed by atoms with Crippen molar-refractivity contribution < 1.29 is 14.3 Å². The van der Waals surface area contributed by atoms with E-state index in [2.05, 4.69) is 25.7 Å². The van der Waals surface area contributed by atoms with E-state index in [1.54, 1.807) is 7.11 Å². The van der Waals surface area contributed by atoms with Gasteiger partial charge in [0.2, 0.25) is 0 Å². The fourth-order valence-corrected chi connectivity index (χ4v) is 4.24. The molecular weight excluding hydrogens is 340 g/mol. The average molecular weight is 370 g/mol. The summed E-state index contributed by atoms with van der Waals surface area (Å²) in [7, 11) is 1.58. The third-order valence-corrected chi connectivity index (χ3v) is 5.64. The van der Waals surface area contributed by atoms with Gasteiger partial charge in [0, 0.05) is 20.2 Å². The Morgan fingerprint density at radius 2 is 1.70 bits per heavy atom. The van der Waals surface area contributed by atoms with E-state index in [1.165, 1.54) is 10.5 Å². The Kier molecular flexibility index (Phi) is 5.70. The van der Waals surface area contributed by atoms with Crippen molar-refractivity contribution in [1.29, 1.82) is 0 Å². The molecule has 1 fully saturated rings. The topological polar surface area (TPSA) is 49.9 Å². The van der Waals surface area contributed by atoms with Gasteiger partial charge in [0.15, 0.2) is 0 Å². The number of carbonyl (C=O) groups excluding carboxylic acids is 2. The van der Waals surface area contributed by atoms with Crippen LogP contribution in [0.1, 0.15) is 37.0 Å². The first-order chi connectivity index (χ1) is 12.8. The summed E-state index contributed by atoms with van der Waals surface area (Å²) in [5.74, 6) is 0.601. The van der Waals surface area contributed by atoms with Gasteiger partial charge in [-0.05, 0) is 48.8 Å². The number of imide groups is 1. The zero-order valence-electron chi connectivity index (χ0n) is 17.0. The molecule has 3 rings (SSSR count). The van der Waals surface area contributed by atoms with E-state index in [1.807, 2.05) is 25.1 Å². The first-order valence-corrected chi connectivity index (χ1v) is 9.75. The summed E-state index contributed by atoms with van der Waals surface area (Å²) in [5.41, 5.74) is 4.24. The van der Waals surface area contributed by atoms with Crippen molar-refractivity contribution in [2.24, 2.45) is 11.8 Å². The van der Waals surface area contributed by atoms with Crippen LogP contribution in [0.3, 0.4) is 0 Å². The van der Waals surface area contributed by atoms with Crippen LogP contribution in [-0.4, -0.2) is 55.0 Å². The standard InChI is InChI=1S/C22H30N2O3/c1-14-10-15(2)13-23(12-14)20-19(18-7-6-16(3)17(4)11-18)21(25)24(22(20)26)8-9-27-5/h6-7,11,14-15H,8-10,12-13H2,1-5H3. The molecule has 0 aromatic heterocycles. The predicted molar refractivity (Wildman–Crippen MR) is 106 cm³/mol. The molecular formula is C22H30N2O3. The Hall–Kier alpha value is -2.14. The highest BCUT2D eigenvalue weighted by Gasteiger charge is 2.42. The van der Waals surface area contributed by atoms with Crippen molar-refractivity contribution in [2.45, 2.75) is 34.1 Å². The Labute approximate surface area is 162 Å². The first-order valence-electron chi connectivity index (χ1n) is 9.75. The molecule has 2 unspecified atom stereocenters. The van der Waals surface area contributed by atoms with Crippen LogP contribution in [0.4, 0.5) is 0 Å². The van der Waals surface area contributed by atoms with Crippen LogP contribution in [0, 0.1) is 25.7 Å². The summed E-state index contributed by atoms with van der Waals surface area (Å²) in [6.45, 7) is 10.8. The van der Waals surface area contributed by atoms with Crippen LogP contribution in [0.5, 0.6) is 0 Å². The maximum Gasteiger partial charge on any atom is 0.277 e. The molecule has 2 heterocycles. The van der Waals surface area contributed by atoms with Gasteiger partial charge in [-0.3, -0.25) is 14.5 Å². The number of ether oxygens (including phenoxy) is 1.